The summed E-state index contributed by atoms with van der Waals surface area (Å²) in [5.74, 6) is -0.299. The van der Waals surface area contributed by atoms with Gasteiger partial charge in [-0.1, -0.05) is 0 Å². The molecule has 0 spiro atoms. The van der Waals surface area contributed by atoms with Crippen LogP contribution in [0.2, 0.25) is 0 Å². The van der Waals surface area contributed by atoms with E-state index in [-0.39, 0.29) is 12.0 Å². The predicted molar refractivity (Wildman–Crippen MR) is 63.8 cm³/mol. The molecule has 6 nitrogen and oxygen atoms in total. The highest BCUT2D eigenvalue weighted by Gasteiger charge is 2.29. The van der Waals surface area contributed by atoms with Crippen LogP contribution in [0.25, 0.3) is 0 Å². The summed E-state index contributed by atoms with van der Waals surface area (Å²) in [4.78, 5) is 11.8. The Morgan fingerprint density at radius 2 is 2.42 bits per heavy atom. The first-order valence-corrected chi connectivity index (χ1v) is 6.05. The van der Waals surface area contributed by atoms with Gasteiger partial charge in [0.15, 0.2) is 0 Å². The topological polar surface area (TPSA) is 82.2 Å². The number of nitrogens with zero attached hydrogens (tertiary/aromatic N) is 2. The Labute approximate surface area is 108 Å². The molecule has 1 aromatic rings. The molecule has 3 N–H and O–H groups in total. The SMILES string of the molecule is NC[C@H]1CC[C@@H](C(=O)Nc2cnn(CC(F)F)c2)O1. The van der Waals surface area contributed by atoms with E-state index in [9.17, 15) is 13.6 Å². The van der Waals surface area contributed by atoms with E-state index in [1.807, 2.05) is 0 Å². The minimum atomic E-state index is -2.48. The van der Waals surface area contributed by atoms with Crippen LogP contribution in [-0.2, 0) is 16.1 Å². The number of alkyl halides is 2. The number of aromatic nitrogens is 2. The van der Waals surface area contributed by atoms with Gasteiger partial charge in [0.05, 0.1) is 18.0 Å². The van der Waals surface area contributed by atoms with Crippen molar-refractivity contribution in [3.8, 4) is 0 Å². The Morgan fingerprint density at radius 1 is 1.63 bits per heavy atom. The molecule has 1 fully saturated rings. The van der Waals surface area contributed by atoms with Crippen molar-refractivity contribution in [1.29, 1.82) is 0 Å². The molecule has 2 atom stereocenters. The van der Waals surface area contributed by atoms with Gasteiger partial charge in [0.25, 0.3) is 12.3 Å². The van der Waals surface area contributed by atoms with Crippen LogP contribution in [0, 0.1) is 0 Å². The molecule has 1 aliphatic rings. The van der Waals surface area contributed by atoms with E-state index in [1.54, 1.807) is 0 Å². The molecule has 0 bridgehead atoms. The number of halogens is 2. The lowest BCUT2D eigenvalue weighted by molar-refractivity contribution is -0.126. The molecule has 0 aliphatic carbocycles. The lowest BCUT2D eigenvalue weighted by Crippen LogP contribution is -2.29. The maximum atomic E-state index is 12.1. The summed E-state index contributed by atoms with van der Waals surface area (Å²) < 4.78 is 30.8. The maximum absolute atomic E-state index is 12.1. The molecule has 2 rings (SSSR count). The van der Waals surface area contributed by atoms with Gasteiger partial charge in [-0.05, 0) is 12.8 Å². The van der Waals surface area contributed by atoms with Gasteiger partial charge in [-0.2, -0.15) is 5.10 Å². The molecule has 19 heavy (non-hydrogen) atoms. The molecule has 106 valence electrons. The van der Waals surface area contributed by atoms with Crippen LogP contribution in [0.1, 0.15) is 12.8 Å². The molecule has 0 saturated carbocycles. The Bertz CT molecular complexity index is 438. The number of hydrogen-bond acceptors (Lipinski definition) is 4. The van der Waals surface area contributed by atoms with Gasteiger partial charge in [-0.25, -0.2) is 8.78 Å². The van der Waals surface area contributed by atoms with E-state index in [0.29, 0.717) is 18.7 Å². The number of hydrogen-bond donors (Lipinski definition) is 2. The number of carbonyl (C=O) groups is 1. The van der Waals surface area contributed by atoms with Crippen LogP contribution in [0.5, 0.6) is 0 Å². The third kappa shape index (κ3) is 3.71. The van der Waals surface area contributed by atoms with Crippen molar-refractivity contribution in [1.82, 2.24) is 9.78 Å². The predicted octanol–water partition coefficient (Wildman–Crippen LogP) is 0.593. The lowest BCUT2D eigenvalue weighted by atomic mass is 10.2. The number of amides is 1. The average molecular weight is 274 g/mol. The van der Waals surface area contributed by atoms with Crippen molar-refractivity contribution in [2.45, 2.75) is 38.0 Å². The lowest BCUT2D eigenvalue weighted by Gasteiger charge is -2.11. The van der Waals surface area contributed by atoms with Crippen LogP contribution in [-0.4, -0.2) is 40.9 Å². The van der Waals surface area contributed by atoms with Crippen molar-refractivity contribution >= 4 is 11.6 Å². The normalized spacial score (nSPS) is 22.9. The van der Waals surface area contributed by atoms with E-state index in [4.69, 9.17) is 10.5 Å². The second-order valence-electron chi connectivity index (χ2n) is 4.39. The average Bonchev–Trinajstić information content (AvgIpc) is 2.97. The van der Waals surface area contributed by atoms with E-state index in [0.717, 1.165) is 11.1 Å². The molecule has 1 aliphatic heterocycles. The van der Waals surface area contributed by atoms with Crippen LogP contribution in [0.3, 0.4) is 0 Å². The summed E-state index contributed by atoms with van der Waals surface area (Å²) in [6, 6.07) is 0. The first-order chi connectivity index (χ1) is 9.08. The van der Waals surface area contributed by atoms with Crippen LogP contribution in [0.4, 0.5) is 14.5 Å². The van der Waals surface area contributed by atoms with Gasteiger partial charge >= 0.3 is 0 Å². The monoisotopic (exact) mass is 274 g/mol. The Hall–Kier alpha value is -1.54. The number of ether oxygens (including phenoxy) is 1. The molecule has 0 aromatic carbocycles. The minimum Gasteiger partial charge on any atom is -0.364 e. The van der Waals surface area contributed by atoms with Crippen molar-refractivity contribution in [3.05, 3.63) is 12.4 Å². The fourth-order valence-corrected chi connectivity index (χ4v) is 1.96. The fourth-order valence-electron chi connectivity index (χ4n) is 1.96. The first kappa shape index (κ1) is 13.9. The van der Waals surface area contributed by atoms with Gasteiger partial charge in [-0.3, -0.25) is 9.48 Å². The second kappa shape index (κ2) is 6.07. The summed E-state index contributed by atoms with van der Waals surface area (Å²) in [7, 11) is 0. The minimum absolute atomic E-state index is 0.0858. The smallest absolute Gasteiger partial charge is 0.257 e. The summed E-state index contributed by atoms with van der Waals surface area (Å²) in [5, 5.41) is 6.32. The van der Waals surface area contributed by atoms with E-state index in [1.165, 1.54) is 12.4 Å². The number of anilines is 1. The Morgan fingerprint density at radius 3 is 3.05 bits per heavy atom. The zero-order valence-electron chi connectivity index (χ0n) is 10.3. The molecule has 0 unspecified atom stereocenters. The molecule has 8 heteroatoms. The van der Waals surface area contributed by atoms with E-state index < -0.39 is 19.1 Å². The molecule has 2 heterocycles. The molecule has 1 aromatic heterocycles. The quantitative estimate of drug-likeness (QED) is 0.823. The Kier molecular flexibility index (Phi) is 4.43. The highest BCUT2D eigenvalue weighted by atomic mass is 19.3. The number of carbonyl (C=O) groups excluding carboxylic acids is 1. The second-order valence-corrected chi connectivity index (χ2v) is 4.39. The highest BCUT2D eigenvalue weighted by molar-refractivity contribution is 5.94. The Balaban J connectivity index is 1.87. The van der Waals surface area contributed by atoms with Gasteiger partial charge in [0, 0.05) is 12.7 Å². The van der Waals surface area contributed by atoms with Crippen molar-refractivity contribution in [3.63, 3.8) is 0 Å². The van der Waals surface area contributed by atoms with Crippen molar-refractivity contribution in [2.24, 2.45) is 5.73 Å². The molecule has 1 saturated heterocycles. The zero-order valence-corrected chi connectivity index (χ0v) is 10.3. The van der Waals surface area contributed by atoms with Crippen molar-refractivity contribution < 1.29 is 18.3 Å². The summed E-state index contributed by atoms with van der Waals surface area (Å²) in [6.07, 6.45) is 0.948. The maximum Gasteiger partial charge on any atom is 0.257 e. The van der Waals surface area contributed by atoms with E-state index >= 15 is 0 Å². The van der Waals surface area contributed by atoms with Crippen LogP contribution in [0.15, 0.2) is 12.4 Å². The molecular formula is C11H16F2N4O2. The fraction of sp³-hybridized carbons (Fsp3) is 0.636. The summed E-state index contributed by atoms with van der Waals surface area (Å²) >= 11 is 0. The third-order valence-electron chi connectivity index (χ3n) is 2.89. The third-order valence-corrected chi connectivity index (χ3v) is 2.89. The van der Waals surface area contributed by atoms with Gasteiger partial charge in [0.1, 0.15) is 12.6 Å². The summed E-state index contributed by atoms with van der Waals surface area (Å²) in [5.41, 5.74) is 5.84. The number of nitrogens with two attached hydrogens (primary N) is 1. The van der Waals surface area contributed by atoms with Crippen LogP contribution >= 0.6 is 0 Å². The van der Waals surface area contributed by atoms with Gasteiger partial charge in [-0.15, -0.1) is 0 Å². The number of rotatable bonds is 5. The standard InChI is InChI=1S/C11H16F2N4O2/c12-10(13)6-17-5-7(4-15-17)16-11(18)9-2-1-8(3-14)19-9/h4-5,8-10H,1-3,6,14H2,(H,16,18)/t8-,9+/m1/s1. The van der Waals surface area contributed by atoms with Crippen LogP contribution < -0.4 is 11.1 Å². The summed E-state index contributed by atoms with van der Waals surface area (Å²) in [6.45, 7) is -0.110. The van der Waals surface area contributed by atoms with Gasteiger partial charge in [0.2, 0.25) is 0 Å². The highest BCUT2D eigenvalue weighted by Crippen LogP contribution is 2.20. The zero-order chi connectivity index (χ0) is 13.8. The molecule has 0 radical (unpaired) electrons. The van der Waals surface area contributed by atoms with Crippen molar-refractivity contribution in [2.75, 3.05) is 11.9 Å². The molecular weight excluding hydrogens is 258 g/mol. The largest absolute Gasteiger partial charge is 0.364 e. The first-order valence-electron chi connectivity index (χ1n) is 6.05. The molecule has 1 amide bonds. The van der Waals surface area contributed by atoms with E-state index in [2.05, 4.69) is 10.4 Å². The number of nitrogens with one attached hydrogen (secondary N) is 1. The van der Waals surface area contributed by atoms with Gasteiger partial charge < -0.3 is 15.8 Å².